The number of allylic oxidation sites excluding steroid dienone is 1. The summed E-state index contributed by atoms with van der Waals surface area (Å²) in [5, 5.41) is 0. The maximum absolute atomic E-state index is 11.1. The molecule has 0 saturated carbocycles. The first-order valence-corrected chi connectivity index (χ1v) is 4.29. The van der Waals surface area contributed by atoms with Crippen LogP contribution in [0.5, 0.6) is 0 Å². The minimum Gasteiger partial charge on any atom is -0.295 e. The molecule has 0 saturated heterocycles. The summed E-state index contributed by atoms with van der Waals surface area (Å²) >= 11 is 0. The molecule has 1 heteroatoms. The summed E-state index contributed by atoms with van der Waals surface area (Å²) in [5.41, 5.74) is 3.90. The Balaban J connectivity index is 3.26. The van der Waals surface area contributed by atoms with E-state index >= 15 is 0 Å². The molecule has 0 fully saturated rings. The Kier molecular flexibility index (Phi) is 2.66. The van der Waals surface area contributed by atoms with Crippen LogP contribution in [0.2, 0.25) is 0 Å². The normalized spacial score (nSPS) is 9.77. The van der Waals surface area contributed by atoms with Crippen LogP contribution in [0.15, 0.2) is 24.8 Å². The molecule has 0 amide bonds. The zero-order valence-corrected chi connectivity index (χ0v) is 8.35. The molecule has 1 rings (SSSR count). The average molecular weight is 174 g/mol. The van der Waals surface area contributed by atoms with Crippen LogP contribution in [0.4, 0.5) is 0 Å². The fourth-order valence-electron chi connectivity index (χ4n) is 1.23. The molecular weight excluding hydrogens is 160 g/mol. The van der Waals surface area contributed by atoms with E-state index in [0.29, 0.717) is 0 Å². The highest BCUT2D eigenvalue weighted by Gasteiger charge is 2.02. The lowest BCUT2D eigenvalue weighted by Crippen LogP contribution is -1.94. The fraction of sp³-hybridized carbons (Fsp3) is 0.250. The van der Waals surface area contributed by atoms with E-state index in [0.717, 1.165) is 22.3 Å². The van der Waals surface area contributed by atoms with Crippen LogP contribution in [0.25, 0.3) is 5.57 Å². The molecule has 0 bridgehead atoms. The van der Waals surface area contributed by atoms with Crippen molar-refractivity contribution in [3.05, 3.63) is 41.5 Å². The van der Waals surface area contributed by atoms with E-state index in [1.54, 1.807) is 6.92 Å². The molecule has 0 N–H and O–H groups in total. The largest absolute Gasteiger partial charge is 0.295 e. The van der Waals surface area contributed by atoms with E-state index in [1.165, 1.54) is 0 Å². The third-order valence-electron chi connectivity index (χ3n) is 1.98. The first kappa shape index (κ1) is 9.72. The van der Waals surface area contributed by atoms with E-state index in [9.17, 15) is 4.79 Å². The van der Waals surface area contributed by atoms with Gasteiger partial charge in [0.25, 0.3) is 0 Å². The topological polar surface area (TPSA) is 17.1 Å². The quantitative estimate of drug-likeness (QED) is 0.629. The lowest BCUT2D eigenvalue weighted by atomic mass is 10.0. The van der Waals surface area contributed by atoms with Gasteiger partial charge in [-0.05, 0) is 44.0 Å². The van der Waals surface area contributed by atoms with Gasteiger partial charge in [-0.3, -0.25) is 4.79 Å². The van der Waals surface area contributed by atoms with Gasteiger partial charge < -0.3 is 0 Å². The highest BCUT2D eigenvalue weighted by molar-refractivity contribution is 5.95. The van der Waals surface area contributed by atoms with Crippen molar-refractivity contribution in [1.82, 2.24) is 0 Å². The molecule has 0 radical (unpaired) electrons. The molecule has 1 aromatic carbocycles. The Bertz CT molecular complexity index is 329. The van der Waals surface area contributed by atoms with Crippen molar-refractivity contribution in [2.24, 2.45) is 0 Å². The minimum absolute atomic E-state index is 0.103. The number of aryl methyl sites for hydroxylation is 1. The van der Waals surface area contributed by atoms with Crippen LogP contribution in [-0.2, 0) is 0 Å². The van der Waals surface area contributed by atoms with Gasteiger partial charge in [0, 0.05) is 5.56 Å². The molecule has 0 unspecified atom stereocenters. The second-order valence-electron chi connectivity index (χ2n) is 3.42. The molecular formula is C12H14O. The second-order valence-corrected chi connectivity index (χ2v) is 3.42. The Morgan fingerprint density at radius 2 is 1.69 bits per heavy atom. The lowest BCUT2D eigenvalue weighted by Gasteiger charge is -2.04. The Labute approximate surface area is 79.1 Å². The molecule has 0 aromatic heterocycles. The summed E-state index contributed by atoms with van der Waals surface area (Å²) in [4.78, 5) is 11.1. The van der Waals surface area contributed by atoms with Crippen LogP contribution in [0.1, 0.15) is 35.3 Å². The number of hydrogen-bond acceptors (Lipinski definition) is 1. The van der Waals surface area contributed by atoms with Gasteiger partial charge in [0.15, 0.2) is 5.78 Å². The Morgan fingerprint density at radius 1 is 1.15 bits per heavy atom. The van der Waals surface area contributed by atoms with Gasteiger partial charge in [0.1, 0.15) is 0 Å². The van der Waals surface area contributed by atoms with E-state index in [4.69, 9.17) is 0 Å². The zero-order chi connectivity index (χ0) is 10.0. The maximum atomic E-state index is 11.1. The van der Waals surface area contributed by atoms with Crippen molar-refractivity contribution in [3.8, 4) is 0 Å². The molecule has 68 valence electrons. The summed E-state index contributed by atoms with van der Waals surface area (Å²) in [6, 6.07) is 5.82. The molecule has 0 spiro atoms. The molecule has 1 aromatic rings. The highest BCUT2D eigenvalue weighted by Crippen LogP contribution is 2.16. The first-order chi connectivity index (χ1) is 6.00. The van der Waals surface area contributed by atoms with Gasteiger partial charge >= 0.3 is 0 Å². The van der Waals surface area contributed by atoms with Crippen LogP contribution in [0.3, 0.4) is 0 Å². The molecule has 1 nitrogen and oxygen atoms in total. The van der Waals surface area contributed by atoms with E-state index < -0.39 is 0 Å². The SMILES string of the molecule is C=C(C)c1cc(C)cc(C(C)=O)c1. The maximum Gasteiger partial charge on any atom is 0.159 e. The number of benzene rings is 1. The first-order valence-electron chi connectivity index (χ1n) is 4.29. The average Bonchev–Trinajstić information content (AvgIpc) is 2.03. The standard InChI is InChI=1S/C12H14O/c1-8(2)11-5-9(3)6-12(7-11)10(4)13/h5-7H,1H2,2-4H3. The third-order valence-corrected chi connectivity index (χ3v) is 1.98. The van der Waals surface area contributed by atoms with Gasteiger partial charge in [0.05, 0.1) is 0 Å². The van der Waals surface area contributed by atoms with Crippen molar-refractivity contribution in [2.75, 3.05) is 0 Å². The van der Waals surface area contributed by atoms with Crippen LogP contribution in [0, 0.1) is 6.92 Å². The Hall–Kier alpha value is -1.37. The molecule has 0 atom stereocenters. The monoisotopic (exact) mass is 174 g/mol. The molecule has 13 heavy (non-hydrogen) atoms. The van der Waals surface area contributed by atoms with Crippen molar-refractivity contribution in [3.63, 3.8) is 0 Å². The number of carbonyl (C=O) groups is 1. The number of ketones is 1. The van der Waals surface area contributed by atoms with Gasteiger partial charge in [0.2, 0.25) is 0 Å². The van der Waals surface area contributed by atoms with Gasteiger partial charge in [-0.15, -0.1) is 0 Å². The van der Waals surface area contributed by atoms with Crippen LogP contribution in [-0.4, -0.2) is 5.78 Å². The Morgan fingerprint density at radius 3 is 2.15 bits per heavy atom. The van der Waals surface area contributed by atoms with E-state index in [1.807, 2.05) is 32.0 Å². The zero-order valence-electron chi connectivity index (χ0n) is 8.35. The highest BCUT2D eigenvalue weighted by atomic mass is 16.1. The van der Waals surface area contributed by atoms with E-state index in [-0.39, 0.29) is 5.78 Å². The third kappa shape index (κ3) is 2.28. The van der Waals surface area contributed by atoms with Crippen molar-refractivity contribution < 1.29 is 4.79 Å². The van der Waals surface area contributed by atoms with Gasteiger partial charge in [-0.2, -0.15) is 0 Å². The summed E-state index contributed by atoms with van der Waals surface area (Å²) in [6.07, 6.45) is 0. The lowest BCUT2D eigenvalue weighted by molar-refractivity contribution is 0.101. The summed E-state index contributed by atoms with van der Waals surface area (Å²) < 4.78 is 0. The predicted molar refractivity (Wildman–Crippen MR) is 55.9 cm³/mol. The van der Waals surface area contributed by atoms with Crippen molar-refractivity contribution in [2.45, 2.75) is 20.8 Å². The number of rotatable bonds is 2. The van der Waals surface area contributed by atoms with Gasteiger partial charge in [-0.25, -0.2) is 0 Å². The molecule has 0 aliphatic carbocycles. The summed E-state index contributed by atoms with van der Waals surface area (Å²) in [7, 11) is 0. The minimum atomic E-state index is 0.103. The molecule has 0 aliphatic rings. The smallest absolute Gasteiger partial charge is 0.159 e. The van der Waals surface area contributed by atoms with Crippen LogP contribution >= 0.6 is 0 Å². The van der Waals surface area contributed by atoms with Crippen molar-refractivity contribution >= 4 is 11.4 Å². The number of Topliss-reactive ketones (excluding diaryl/α,β-unsaturated/α-hetero) is 1. The second kappa shape index (κ2) is 3.56. The van der Waals surface area contributed by atoms with Gasteiger partial charge in [-0.1, -0.05) is 18.2 Å². The van der Waals surface area contributed by atoms with Crippen LogP contribution < -0.4 is 0 Å². The number of hydrogen-bond donors (Lipinski definition) is 0. The van der Waals surface area contributed by atoms with E-state index in [2.05, 4.69) is 6.58 Å². The van der Waals surface area contributed by atoms with Crippen molar-refractivity contribution in [1.29, 1.82) is 0 Å². The molecule has 0 aliphatic heterocycles. The summed E-state index contributed by atoms with van der Waals surface area (Å²) in [6.45, 7) is 9.36. The fourth-order valence-corrected chi connectivity index (χ4v) is 1.23. The molecule has 0 heterocycles. The number of carbonyl (C=O) groups excluding carboxylic acids is 1. The summed E-state index contributed by atoms with van der Waals surface area (Å²) in [5.74, 6) is 0.103. The predicted octanol–water partition coefficient (Wildman–Crippen LogP) is 3.23.